The van der Waals surface area contributed by atoms with Crippen LogP contribution in [0.3, 0.4) is 0 Å². The lowest BCUT2D eigenvalue weighted by molar-refractivity contribution is -0.124. The molecule has 0 aliphatic carbocycles. The lowest BCUT2D eigenvalue weighted by Gasteiger charge is -2.39. The molecule has 1 aliphatic rings. The van der Waals surface area contributed by atoms with E-state index in [0.717, 1.165) is 32.0 Å². The molecule has 1 amide bonds. The third-order valence-corrected chi connectivity index (χ3v) is 4.25. The lowest BCUT2D eigenvalue weighted by Crippen LogP contribution is -2.57. The first-order valence-electron chi connectivity index (χ1n) is 8.34. The highest BCUT2D eigenvalue weighted by molar-refractivity contribution is 5.78. The Hall–Kier alpha value is -0.650. The van der Waals surface area contributed by atoms with Crippen molar-refractivity contribution in [1.29, 1.82) is 0 Å². The van der Waals surface area contributed by atoms with Crippen molar-refractivity contribution in [2.45, 2.75) is 52.1 Å². The van der Waals surface area contributed by atoms with Gasteiger partial charge in [-0.3, -0.25) is 9.69 Å². The molecule has 2 atom stereocenters. The molecular weight excluding hydrogens is 264 g/mol. The van der Waals surface area contributed by atoms with Crippen molar-refractivity contribution in [2.24, 2.45) is 11.7 Å². The van der Waals surface area contributed by atoms with Gasteiger partial charge in [-0.15, -0.1) is 0 Å². The molecule has 0 saturated carbocycles. The van der Waals surface area contributed by atoms with Gasteiger partial charge in [0.1, 0.15) is 0 Å². The molecule has 2 unspecified atom stereocenters. The largest absolute Gasteiger partial charge is 0.353 e. The van der Waals surface area contributed by atoms with E-state index in [1.807, 2.05) is 0 Å². The number of hydrogen-bond acceptors (Lipinski definition) is 4. The Labute approximate surface area is 130 Å². The van der Waals surface area contributed by atoms with Crippen molar-refractivity contribution in [3.8, 4) is 0 Å². The van der Waals surface area contributed by atoms with Crippen LogP contribution in [0.15, 0.2) is 0 Å². The highest BCUT2D eigenvalue weighted by atomic mass is 16.2. The second-order valence-electron chi connectivity index (χ2n) is 6.92. The summed E-state index contributed by atoms with van der Waals surface area (Å²) in [6.45, 7) is 10.6. The standard InChI is InChI=1S/C16H34N4O/c1-13(2)6-5-7-14(3)18-16(21)12-20-9-8-19(4)11-15(20)10-17/h13-15H,5-12,17H2,1-4H3,(H,18,21). The average Bonchev–Trinajstić information content (AvgIpc) is 2.40. The van der Waals surface area contributed by atoms with Gasteiger partial charge in [0.05, 0.1) is 6.54 Å². The first kappa shape index (κ1) is 18.4. The molecule has 0 aromatic rings. The molecule has 0 bridgehead atoms. The maximum absolute atomic E-state index is 12.2. The van der Waals surface area contributed by atoms with Gasteiger partial charge in [0.15, 0.2) is 0 Å². The summed E-state index contributed by atoms with van der Waals surface area (Å²) in [7, 11) is 2.11. The molecule has 1 rings (SSSR count). The van der Waals surface area contributed by atoms with Gasteiger partial charge in [0.25, 0.3) is 0 Å². The Morgan fingerprint density at radius 1 is 1.29 bits per heavy atom. The maximum Gasteiger partial charge on any atom is 0.234 e. The number of amides is 1. The molecule has 1 heterocycles. The van der Waals surface area contributed by atoms with E-state index in [4.69, 9.17) is 5.73 Å². The van der Waals surface area contributed by atoms with Crippen LogP contribution in [0.4, 0.5) is 0 Å². The monoisotopic (exact) mass is 298 g/mol. The zero-order valence-corrected chi connectivity index (χ0v) is 14.3. The summed E-state index contributed by atoms with van der Waals surface area (Å²) in [4.78, 5) is 16.7. The van der Waals surface area contributed by atoms with Crippen LogP contribution in [-0.4, -0.2) is 67.6 Å². The van der Waals surface area contributed by atoms with Gasteiger partial charge in [-0.25, -0.2) is 0 Å². The fraction of sp³-hybridized carbons (Fsp3) is 0.938. The molecule has 21 heavy (non-hydrogen) atoms. The Balaban J connectivity index is 2.28. The van der Waals surface area contributed by atoms with Crippen molar-refractivity contribution < 1.29 is 4.79 Å². The molecule has 5 heteroatoms. The summed E-state index contributed by atoms with van der Waals surface area (Å²) in [6.07, 6.45) is 3.47. The molecule has 1 aliphatic heterocycles. The van der Waals surface area contributed by atoms with Crippen LogP contribution in [0, 0.1) is 5.92 Å². The molecule has 1 saturated heterocycles. The Morgan fingerprint density at radius 3 is 2.62 bits per heavy atom. The van der Waals surface area contributed by atoms with Crippen molar-refractivity contribution in [3.05, 3.63) is 0 Å². The number of nitrogens with zero attached hydrogens (tertiary/aromatic N) is 2. The molecule has 5 nitrogen and oxygen atoms in total. The van der Waals surface area contributed by atoms with E-state index in [1.165, 1.54) is 12.8 Å². The third kappa shape index (κ3) is 7.25. The van der Waals surface area contributed by atoms with Crippen molar-refractivity contribution >= 4 is 5.91 Å². The van der Waals surface area contributed by atoms with Crippen molar-refractivity contribution in [2.75, 3.05) is 39.8 Å². The van der Waals surface area contributed by atoms with Gasteiger partial charge >= 0.3 is 0 Å². The molecule has 1 fully saturated rings. The second kappa shape index (κ2) is 9.38. The van der Waals surface area contributed by atoms with Crippen LogP contribution in [-0.2, 0) is 4.79 Å². The quantitative estimate of drug-likeness (QED) is 0.699. The molecule has 124 valence electrons. The predicted molar refractivity (Wildman–Crippen MR) is 88.2 cm³/mol. The van der Waals surface area contributed by atoms with E-state index in [-0.39, 0.29) is 11.9 Å². The van der Waals surface area contributed by atoms with Crippen LogP contribution in [0.25, 0.3) is 0 Å². The number of carbonyl (C=O) groups is 1. The number of rotatable bonds is 8. The number of carbonyl (C=O) groups excluding carboxylic acids is 1. The fourth-order valence-corrected chi connectivity index (χ4v) is 2.89. The first-order chi connectivity index (χ1) is 9.92. The third-order valence-electron chi connectivity index (χ3n) is 4.25. The fourth-order valence-electron chi connectivity index (χ4n) is 2.89. The second-order valence-corrected chi connectivity index (χ2v) is 6.92. The zero-order chi connectivity index (χ0) is 15.8. The molecule has 0 aromatic heterocycles. The Kier molecular flexibility index (Phi) is 8.22. The van der Waals surface area contributed by atoms with Crippen LogP contribution in [0.5, 0.6) is 0 Å². The SMILES string of the molecule is CC(C)CCCC(C)NC(=O)CN1CCN(C)CC1CN. The molecular formula is C16H34N4O. The summed E-state index contributed by atoms with van der Waals surface area (Å²) < 4.78 is 0. The minimum Gasteiger partial charge on any atom is -0.353 e. The van der Waals surface area contributed by atoms with Crippen molar-refractivity contribution in [1.82, 2.24) is 15.1 Å². The molecule has 0 aromatic carbocycles. The summed E-state index contributed by atoms with van der Waals surface area (Å²) in [5, 5.41) is 3.12. The highest BCUT2D eigenvalue weighted by Gasteiger charge is 2.25. The summed E-state index contributed by atoms with van der Waals surface area (Å²) in [5.74, 6) is 0.874. The lowest BCUT2D eigenvalue weighted by atomic mass is 10.0. The number of piperazine rings is 1. The topological polar surface area (TPSA) is 61.6 Å². The maximum atomic E-state index is 12.2. The average molecular weight is 298 g/mol. The predicted octanol–water partition coefficient (Wildman–Crippen LogP) is 0.892. The smallest absolute Gasteiger partial charge is 0.234 e. The van der Waals surface area contributed by atoms with Gasteiger partial charge in [0.2, 0.25) is 5.91 Å². The van der Waals surface area contributed by atoms with Gasteiger partial charge in [-0.1, -0.05) is 26.7 Å². The Morgan fingerprint density at radius 2 is 2.00 bits per heavy atom. The summed E-state index contributed by atoms with van der Waals surface area (Å²) >= 11 is 0. The number of likely N-dealkylation sites (N-methyl/N-ethyl adjacent to an activating group) is 1. The van der Waals surface area contributed by atoms with E-state index in [1.54, 1.807) is 0 Å². The van der Waals surface area contributed by atoms with Crippen molar-refractivity contribution in [3.63, 3.8) is 0 Å². The summed E-state index contributed by atoms with van der Waals surface area (Å²) in [6, 6.07) is 0.561. The normalized spacial score (nSPS) is 22.5. The van der Waals surface area contributed by atoms with Crippen LogP contribution < -0.4 is 11.1 Å². The van der Waals surface area contributed by atoms with Crippen LogP contribution in [0.1, 0.15) is 40.0 Å². The number of nitrogens with one attached hydrogen (secondary N) is 1. The van der Waals surface area contributed by atoms with Gasteiger partial charge < -0.3 is 16.0 Å². The van der Waals surface area contributed by atoms with Crippen LogP contribution >= 0.6 is 0 Å². The van der Waals surface area contributed by atoms with E-state index in [2.05, 4.69) is 42.9 Å². The Bertz CT molecular complexity index is 309. The van der Waals surface area contributed by atoms with E-state index in [9.17, 15) is 4.79 Å². The van der Waals surface area contributed by atoms with E-state index < -0.39 is 0 Å². The van der Waals surface area contributed by atoms with Crippen LogP contribution in [0.2, 0.25) is 0 Å². The van der Waals surface area contributed by atoms with E-state index >= 15 is 0 Å². The minimum atomic E-state index is 0.134. The number of hydrogen-bond donors (Lipinski definition) is 2. The van der Waals surface area contributed by atoms with Gasteiger partial charge in [0, 0.05) is 38.3 Å². The highest BCUT2D eigenvalue weighted by Crippen LogP contribution is 2.09. The molecule has 0 spiro atoms. The van der Waals surface area contributed by atoms with Gasteiger partial charge in [-0.05, 0) is 26.3 Å². The zero-order valence-electron chi connectivity index (χ0n) is 14.3. The molecule has 3 N–H and O–H groups in total. The van der Waals surface area contributed by atoms with E-state index in [0.29, 0.717) is 19.1 Å². The first-order valence-corrected chi connectivity index (χ1v) is 8.34. The minimum absolute atomic E-state index is 0.134. The molecule has 0 radical (unpaired) electrons. The van der Waals surface area contributed by atoms with Gasteiger partial charge in [-0.2, -0.15) is 0 Å². The summed E-state index contributed by atoms with van der Waals surface area (Å²) in [5.41, 5.74) is 5.83. The number of nitrogens with two attached hydrogens (primary N) is 1.